The van der Waals surface area contributed by atoms with Gasteiger partial charge in [0.1, 0.15) is 17.4 Å². The number of hydrogen-bond donors (Lipinski definition) is 5. The molecule has 3 aromatic rings. The first-order valence-electron chi connectivity index (χ1n) is 9.65. The van der Waals surface area contributed by atoms with Crippen LogP contribution in [0.1, 0.15) is 21.5 Å². The molecule has 0 unspecified atom stereocenters. The van der Waals surface area contributed by atoms with E-state index in [1.807, 2.05) is 0 Å². The zero-order valence-corrected chi connectivity index (χ0v) is 17.9. The highest BCUT2D eigenvalue weighted by Crippen LogP contribution is 2.25. The summed E-state index contributed by atoms with van der Waals surface area (Å²) in [6.07, 6.45) is 0. The van der Waals surface area contributed by atoms with Gasteiger partial charge in [0.25, 0.3) is 5.91 Å². The predicted molar refractivity (Wildman–Crippen MR) is 124 cm³/mol. The zero-order chi connectivity index (χ0) is 24.0. The quantitative estimate of drug-likeness (QED) is 0.236. The van der Waals surface area contributed by atoms with E-state index >= 15 is 0 Å². The smallest absolute Gasteiger partial charge is 0.341 e. The number of carboxylic acid groups (broad SMARTS) is 1. The average Bonchev–Trinajstić information content (AvgIpc) is 2.77. The van der Waals surface area contributed by atoms with Crippen molar-refractivity contribution in [1.29, 1.82) is 5.41 Å². The average molecular weight is 471 g/mol. The van der Waals surface area contributed by atoms with Gasteiger partial charge in [-0.05, 0) is 60.7 Å². The fourth-order valence-electron chi connectivity index (χ4n) is 2.95. The van der Waals surface area contributed by atoms with Crippen molar-refractivity contribution >= 4 is 40.7 Å². The molecule has 0 saturated carbocycles. The topological polar surface area (TPSA) is 138 Å². The maximum Gasteiger partial charge on any atom is 0.341 e. The van der Waals surface area contributed by atoms with E-state index in [1.54, 1.807) is 36.4 Å². The van der Waals surface area contributed by atoms with Crippen LogP contribution in [0.5, 0.6) is 5.75 Å². The molecular weight excluding hydrogens is 451 g/mol. The third kappa shape index (κ3) is 6.44. The minimum atomic E-state index is -1.16. The van der Waals surface area contributed by atoms with Crippen molar-refractivity contribution in [2.45, 2.75) is 6.54 Å². The Morgan fingerprint density at radius 1 is 1.09 bits per heavy atom. The van der Waals surface area contributed by atoms with Gasteiger partial charge in [-0.25, -0.2) is 9.18 Å². The number of amides is 1. The number of carbonyl (C=O) groups excluding carboxylic acids is 1. The number of nitrogen functional groups attached to an aromatic ring is 1. The molecule has 0 aliphatic carbocycles. The molecule has 3 aromatic carbocycles. The highest BCUT2D eigenvalue weighted by Gasteiger charge is 2.14. The summed E-state index contributed by atoms with van der Waals surface area (Å²) >= 11 is 6.08. The SMILES string of the molecule is N=C(N)c1ccc(NC(=O)c2cc(Cl)ccc2NCc2cc(F)ccc2OCC(=O)O)cc1. The van der Waals surface area contributed by atoms with Crippen LogP contribution < -0.4 is 21.1 Å². The molecule has 0 saturated heterocycles. The highest BCUT2D eigenvalue weighted by atomic mass is 35.5. The molecule has 10 heteroatoms. The first kappa shape index (κ1) is 23.6. The zero-order valence-electron chi connectivity index (χ0n) is 17.2. The van der Waals surface area contributed by atoms with Crippen molar-refractivity contribution in [2.75, 3.05) is 17.2 Å². The Morgan fingerprint density at radius 2 is 1.82 bits per heavy atom. The van der Waals surface area contributed by atoms with Gasteiger partial charge in [-0.15, -0.1) is 0 Å². The van der Waals surface area contributed by atoms with Crippen LogP contribution in [-0.4, -0.2) is 29.4 Å². The molecule has 33 heavy (non-hydrogen) atoms. The monoisotopic (exact) mass is 470 g/mol. The van der Waals surface area contributed by atoms with Gasteiger partial charge in [-0.3, -0.25) is 10.2 Å². The van der Waals surface area contributed by atoms with Gasteiger partial charge in [-0.1, -0.05) is 11.6 Å². The summed E-state index contributed by atoms with van der Waals surface area (Å²) in [6, 6.07) is 14.9. The molecule has 0 spiro atoms. The fraction of sp³-hybridized carbons (Fsp3) is 0.0870. The molecule has 6 N–H and O–H groups in total. The summed E-state index contributed by atoms with van der Waals surface area (Å²) in [6.45, 7) is -0.516. The maximum atomic E-state index is 13.8. The first-order valence-corrected chi connectivity index (χ1v) is 10.0. The Hall–Kier alpha value is -4.11. The normalized spacial score (nSPS) is 10.4. The highest BCUT2D eigenvalue weighted by molar-refractivity contribution is 6.31. The van der Waals surface area contributed by atoms with Crippen LogP contribution in [0.2, 0.25) is 5.02 Å². The van der Waals surface area contributed by atoms with Crippen LogP contribution in [0.3, 0.4) is 0 Å². The minimum Gasteiger partial charge on any atom is -0.482 e. The van der Waals surface area contributed by atoms with Gasteiger partial charge in [-0.2, -0.15) is 0 Å². The third-order valence-electron chi connectivity index (χ3n) is 4.52. The fourth-order valence-corrected chi connectivity index (χ4v) is 3.12. The first-order chi connectivity index (χ1) is 15.7. The van der Waals surface area contributed by atoms with Crippen molar-refractivity contribution < 1.29 is 23.8 Å². The Bertz CT molecular complexity index is 1200. The number of carbonyl (C=O) groups is 2. The second-order valence-electron chi connectivity index (χ2n) is 6.92. The van der Waals surface area contributed by atoms with Crippen molar-refractivity contribution in [3.63, 3.8) is 0 Å². The molecule has 0 atom stereocenters. The van der Waals surface area contributed by atoms with Gasteiger partial charge >= 0.3 is 5.97 Å². The van der Waals surface area contributed by atoms with Crippen LogP contribution >= 0.6 is 11.6 Å². The lowest BCUT2D eigenvalue weighted by Crippen LogP contribution is -2.16. The Kier molecular flexibility index (Phi) is 7.47. The number of rotatable bonds is 9. The molecular formula is C23H20ClFN4O4. The summed E-state index contributed by atoms with van der Waals surface area (Å²) < 4.78 is 19.0. The molecule has 0 heterocycles. The summed E-state index contributed by atoms with van der Waals surface area (Å²) in [7, 11) is 0. The number of anilines is 2. The minimum absolute atomic E-state index is 0.0575. The Labute approximate surface area is 193 Å². The van der Waals surface area contributed by atoms with E-state index in [0.29, 0.717) is 27.5 Å². The molecule has 8 nitrogen and oxygen atoms in total. The van der Waals surface area contributed by atoms with E-state index in [9.17, 15) is 14.0 Å². The Morgan fingerprint density at radius 3 is 2.48 bits per heavy atom. The number of hydrogen-bond acceptors (Lipinski definition) is 5. The van der Waals surface area contributed by atoms with E-state index in [2.05, 4.69) is 10.6 Å². The van der Waals surface area contributed by atoms with Crippen LogP contribution in [0.15, 0.2) is 60.7 Å². The molecule has 0 radical (unpaired) electrons. The number of ether oxygens (including phenoxy) is 1. The van der Waals surface area contributed by atoms with Crippen molar-refractivity contribution in [1.82, 2.24) is 0 Å². The Balaban J connectivity index is 1.79. The number of nitrogens with one attached hydrogen (secondary N) is 3. The van der Waals surface area contributed by atoms with Gasteiger partial charge in [0, 0.05) is 34.1 Å². The molecule has 170 valence electrons. The lowest BCUT2D eigenvalue weighted by atomic mass is 10.1. The van der Waals surface area contributed by atoms with Crippen LogP contribution in [0.25, 0.3) is 0 Å². The summed E-state index contributed by atoms with van der Waals surface area (Å²) in [5.74, 6) is -2.00. The molecule has 1 amide bonds. The summed E-state index contributed by atoms with van der Waals surface area (Å²) in [5, 5.41) is 22.4. The van der Waals surface area contributed by atoms with E-state index in [4.69, 9.17) is 32.6 Å². The molecule has 0 fully saturated rings. The van der Waals surface area contributed by atoms with Crippen LogP contribution in [-0.2, 0) is 11.3 Å². The lowest BCUT2D eigenvalue weighted by Gasteiger charge is -2.15. The number of amidine groups is 1. The van der Waals surface area contributed by atoms with Crippen LogP contribution in [0.4, 0.5) is 15.8 Å². The largest absolute Gasteiger partial charge is 0.482 e. The maximum absolute atomic E-state index is 13.8. The summed E-state index contributed by atoms with van der Waals surface area (Å²) in [5.41, 5.74) is 7.49. The standard InChI is InChI=1S/C23H20ClFN4O4/c24-15-3-7-19(28-11-14-9-16(25)4-8-20(14)33-12-21(30)31)18(10-15)23(32)29-17-5-1-13(2-6-17)22(26)27/h1-10,28H,11-12H2,(H3,26,27)(H,29,32)(H,30,31). The second kappa shape index (κ2) is 10.5. The van der Waals surface area contributed by atoms with Gasteiger partial charge in [0.2, 0.25) is 0 Å². The van der Waals surface area contributed by atoms with E-state index in [0.717, 1.165) is 0 Å². The number of nitrogens with two attached hydrogens (primary N) is 1. The number of halogens is 2. The van der Waals surface area contributed by atoms with Crippen molar-refractivity contribution in [3.8, 4) is 5.75 Å². The molecule has 0 aliphatic heterocycles. The van der Waals surface area contributed by atoms with Gasteiger partial charge in [0.15, 0.2) is 6.61 Å². The molecule has 3 rings (SSSR count). The number of benzene rings is 3. The number of aliphatic carboxylic acids is 1. The molecule has 0 aliphatic rings. The van der Waals surface area contributed by atoms with Gasteiger partial charge < -0.3 is 26.2 Å². The van der Waals surface area contributed by atoms with Gasteiger partial charge in [0.05, 0.1) is 5.56 Å². The summed E-state index contributed by atoms with van der Waals surface area (Å²) in [4.78, 5) is 23.7. The molecule has 0 bridgehead atoms. The second-order valence-corrected chi connectivity index (χ2v) is 7.36. The lowest BCUT2D eigenvalue weighted by molar-refractivity contribution is -0.139. The predicted octanol–water partition coefficient (Wildman–Crippen LogP) is 4.09. The van der Waals surface area contributed by atoms with Crippen molar-refractivity contribution in [2.24, 2.45) is 5.73 Å². The third-order valence-corrected chi connectivity index (χ3v) is 4.76. The van der Waals surface area contributed by atoms with Crippen molar-refractivity contribution in [3.05, 3.63) is 88.2 Å². The van der Waals surface area contributed by atoms with E-state index in [-0.39, 0.29) is 23.7 Å². The van der Waals surface area contributed by atoms with E-state index < -0.39 is 24.3 Å². The van der Waals surface area contributed by atoms with E-state index in [1.165, 1.54) is 24.3 Å². The molecule has 0 aromatic heterocycles. The van der Waals surface area contributed by atoms with Crippen LogP contribution in [0, 0.1) is 11.2 Å². The number of carboxylic acids is 1.